The summed E-state index contributed by atoms with van der Waals surface area (Å²) in [4.78, 5) is 3.85. The van der Waals surface area contributed by atoms with Crippen molar-refractivity contribution in [1.29, 1.82) is 0 Å². The van der Waals surface area contributed by atoms with E-state index in [2.05, 4.69) is 10.1 Å². The standard InChI is InChI=1S/C8H9N3O2/c1-4-5(2)10-11-7(13)3-6(12)9-8(4)11/h3,13H,1-2H3,(H,9,12). The molecule has 0 bridgehead atoms. The number of nitrogens with zero attached hydrogens (tertiary/aromatic N) is 3. The van der Waals surface area contributed by atoms with Crippen molar-refractivity contribution in [2.45, 2.75) is 13.8 Å². The first-order valence-corrected chi connectivity index (χ1v) is 3.84. The van der Waals surface area contributed by atoms with Gasteiger partial charge in [0.25, 0.3) is 0 Å². The van der Waals surface area contributed by atoms with Crippen LogP contribution < -0.4 is 0 Å². The minimum Gasteiger partial charge on any atom is -0.493 e. The highest BCUT2D eigenvalue weighted by molar-refractivity contribution is 5.52. The van der Waals surface area contributed by atoms with Gasteiger partial charge in [-0.25, -0.2) is 0 Å². The molecule has 2 N–H and O–H groups in total. The largest absolute Gasteiger partial charge is 0.493 e. The highest BCUT2D eigenvalue weighted by Crippen LogP contribution is 2.21. The Labute approximate surface area is 74.3 Å². The van der Waals surface area contributed by atoms with Crippen LogP contribution in [0.3, 0.4) is 0 Å². The third-order valence-electron chi connectivity index (χ3n) is 2.02. The first-order valence-electron chi connectivity index (χ1n) is 3.84. The monoisotopic (exact) mass is 179 g/mol. The van der Waals surface area contributed by atoms with Crippen LogP contribution in [0, 0.1) is 13.8 Å². The third-order valence-corrected chi connectivity index (χ3v) is 2.02. The van der Waals surface area contributed by atoms with Crippen molar-refractivity contribution < 1.29 is 10.2 Å². The average Bonchev–Trinajstić information content (AvgIpc) is 2.32. The topological polar surface area (TPSA) is 70.7 Å². The van der Waals surface area contributed by atoms with Gasteiger partial charge in [0.05, 0.1) is 11.8 Å². The zero-order valence-electron chi connectivity index (χ0n) is 7.31. The molecule has 0 atom stereocenters. The molecule has 2 aromatic heterocycles. The summed E-state index contributed by atoms with van der Waals surface area (Å²) in [5.41, 5.74) is 2.12. The minimum absolute atomic E-state index is 0.112. The molecule has 0 saturated carbocycles. The van der Waals surface area contributed by atoms with Crippen molar-refractivity contribution in [2.75, 3.05) is 0 Å². The molecule has 0 saturated heterocycles. The van der Waals surface area contributed by atoms with Crippen molar-refractivity contribution in [1.82, 2.24) is 14.6 Å². The summed E-state index contributed by atoms with van der Waals surface area (Å²) in [6.45, 7) is 3.66. The maximum Gasteiger partial charge on any atom is 0.219 e. The van der Waals surface area contributed by atoms with Crippen molar-refractivity contribution in [2.24, 2.45) is 0 Å². The zero-order chi connectivity index (χ0) is 9.59. The van der Waals surface area contributed by atoms with Gasteiger partial charge in [-0.3, -0.25) is 0 Å². The highest BCUT2D eigenvalue weighted by Gasteiger charge is 2.10. The van der Waals surface area contributed by atoms with Gasteiger partial charge in [-0.05, 0) is 13.8 Å². The van der Waals surface area contributed by atoms with Crippen LogP contribution in [0.2, 0.25) is 0 Å². The van der Waals surface area contributed by atoms with Crippen LogP contribution >= 0.6 is 0 Å². The lowest BCUT2D eigenvalue weighted by molar-refractivity contribution is 0.412. The van der Waals surface area contributed by atoms with Gasteiger partial charge in [-0.2, -0.15) is 14.6 Å². The van der Waals surface area contributed by atoms with Crippen molar-refractivity contribution in [3.63, 3.8) is 0 Å². The molecule has 0 amide bonds. The van der Waals surface area contributed by atoms with Gasteiger partial charge in [0, 0.05) is 5.56 Å². The number of aryl methyl sites for hydroxylation is 2. The van der Waals surface area contributed by atoms with Crippen molar-refractivity contribution >= 4 is 5.65 Å². The Kier molecular flexibility index (Phi) is 1.42. The van der Waals surface area contributed by atoms with Crippen LogP contribution in [-0.4, -0.2) is 24.8 Å². The van der Waals surface area contributed by atoms with E-state index in [0.29, 0.717) is 5.65 Å². The Bertz CT molecular complexity index is 476. The second-order valence-electron chi connectivity index (χ2n) is 2.92. The molecule has 0 unspecified atom stereocenters. The van der Waals surface area contributed by atoms with Crippen LogP contribution in [-0.2, 0) is 0 Å². The summed E-state index contributed by atoms with van der Waals surface area (Å²) in [6, 6.07) is 1.15. The third kappa shape index (κ3) is 1.00. The van der Waals surface area contributed by atoms with Crippen molar-refractivity contribution in [3.8, 4) is 11.8 Å². The van der Waals surface area contributed by atoms with E-state index in [-0.39, 0.29) is 11.8 Å². The molecule has 5 nitrogen and oxygen atoms in total. The molecule has 68 valence electrons. The van der Waals surface area contributed by atoms with E-state index in [1.54, 1.807) is 0 Å². The van der Waals surface area contributed by atoms with Crippen LogP contribution in [0.5, 0.6) is 11.8 Å². The number of aromatic nitrogens is 3. The van der Waals surface area contributed by atoms with Gasteiger partial charge in [-0.1, -0.05) is 0 Å². The van der Waals surface area contributed by atoms with E-state index in [4.69, 9.17) is 5.11 Å². The highest BCUT2D eigenvalue weighted by atomic mass is 16.3. The average molecular weight is 179 g/mol. The van der Waals surface area contributed by atoms with Crippen LogP contribution in [0.1, 0.15) is 11.3 Å². The molecule has 13 heavy (non-hydrogen) atoms. The molecule has 0 aromatic carbocycles. The molecule has 0 aliphatic heterocycles. The number of hydrogen-bond donors (Lipinski definition) is 2. The van der Waals surface area contributed by atoms with Gasteiger partial charge >= 0.3 is 0 Å². The van der Waals surface area contributed by atoms with Crippen molar-refractivity contribution in [3.05, 3.63) is 17.3 Å². The summed E-state index contributed by atoms with van der Waals surface area (Å²) in [6.07, 6.45) is 0. The van der Waals surface area contributed by atoms with Crippen LogP contribution in [0.25, 0.3) is 5.65 Å². The molecule has 0 radical (unpaired) electrons. The molecular weight excluding hydrogens is 170 g/mol. The molecule has 0 spiro atoms. The molecular formula is C8H9N3O2. The molecule has 2 rings (SSSR count). The van der Waals surface area contributed by atoms with E-state index in [0.717, 1.165) is 17.3 Å². The molecule has 5 heteroatoms. The minimum atomic E-state index is -0.201. The first kappa shape index (κ1) is 7.85. The zero-order valence-corrected chi connectivity index (χ0v) is 7.31. The van der Waals surface area contributed by atoms with Gasteiger partial charge in [0.1, 0.15) is 0 Å². The predicted molar refractivity (Wildman–Crippen MR) is 45.8 cm³/mol. The number of rotatable bonds is 0. The van der Waals surface area contributed by atoms with Crippen LogP contribution in [0.15, 0.2) is 6.07 Å². The van der Waals surface area contributed by atoms with E-state index < -0.39 is 0 Å². The summed E-state index contributed by atoms with van der Waals surface area (Å²) in [5.74, 6) is -0.313. The Morgan fingerprint density at radius 2 is 2.00 bits per heavy atom. The number of hydrogen-bond acceptors (Lipinski definition) is 4. The summed E-state index contributed by atoms with van der Waals surface area (Å²) in [5, 5.41) is 22.6. The Hall–Kier alpha value is -1.78. The molecule has 2 heterocycles. The molecule has 0 fully saturated rings. The van der Waals surface area contributed by atoms with Crippen LogP contribution in [0.4, 0.5) is 0 Å². The Morgan fingerprint density at radius 1 is 1.31 bits per heavy atom. The normalized spacial score (nSPS) is 10.9. The van der Waals surface area contributed by atoms with E-state index in [9.17, 15) is 5.11 Å². The number of fused-ring (bicyclic) bond motifs is 1. The quantitative estimate of drug-likeness (QED) is 0.626. The lowest BCUT2D eigenvalue weighted by Gasteiger charge is -1.97. The summed E-state index contributed by atoms with van der Waals surface area (Å²) < 4.78 is 1.30. The maximum atomic E-state index is 9.39. The maximum absolute atomic E-state index is 9.39. The second-order valence-corrected chi connectivity index (χ2v) is 2.92. The summed E-state index contributed by atoms with van der Waals surface area (Å²) >= 11 is 0. The fraction of sp³-hybridized carbons (Fsp3) is 0.250. The summed E-state index contributed by atoms with van der Waals surface area (Å²) in [7, 11) is 0. The van der Waals surface area contributed by atoms with Gasteiger partial charge in [0.2, 0.25) is 11.8 Å². The first-order chi connectivity index (χ1) is 6.09. The van der Waals surface area contributed by atoms with Gasteiger partial charge in [-0.15, -0.1) is 0 Å². The predicted octanol–water partition coefficient (Wildman–Crippen LogP) is 0.757. The SMILES string of the molecule is Cc1nn2c(O)cc(O)nc2c1C. The van der Waals surface area contributed by atoms with E-state index in [1.807, 2.05) is 13.8 Å². The molecule has 0 aliphatic rings. The van der Waals surface area contributed by atoms with E-state index >= 15 is 0 Å². The fourth-order valence-corrected chi connectivity index (χ4v) is 1.20. The molecule has 0 aliphatic carbocycles. The molecule has 2 aromatic rings. The smallest absolute Gasteiger partial charge is 0.219 e. The Balaban J connectivity index is 2.94. The Morgan fingerprint density at radius 3 is 2.69 bits per heavy atom. The second kappa shape index (κ2) is 2.35. The lowest BCUT2D eigenvalue weighted by Crippen LogP contribution is -1.91. The lowest BCUT2D eigenvalue weighted by atomic mass is 10.3. The van der Waals surface area contributed by atoms with Gasteiger partial charge in [0.15, 0.2) is 5.65 Å². The fourth-order valence-electron chi connectivity index (χ4n) is 1.20. The number of aromatic hydroxyl groups is 2. The van der Waals surface area contributed by atoms with Gasteiger partial charge < -0.3 is 10.2 Å². The van der Waals surface area contributed by atoms with E-state index in [1.165, 1.54) is 4.52 Å².